The van der Waals surface area contributed by atoms with Crippen LogP contribution in [0.3, 0.4) is 0 Å². The highest BCUT2D eigenvalue weighted by Crippen LogP contribution is 2.31. The van der Waals surface area contributed by atoms with Gasteiger partial charge in [0.2, 0.25) is 0 Å². The first-order valence-corrected chi connectivity index (χ1v) is 6.06. The molecule has 0 aliphatic rings. The Labute approximate surface area is 115 Å². The van der Waals surface area contributed by atoms with Crippen LogP contribution in [0.4, 0.5) is 0 Å². The summed E-state index contributed by atoms with van der Waals surface area (Å²) in [5.41, 5.74) is 0.595. The van der Waals surface area contributed by atoms with E-state index in [1.54, 1.807) is 42.5 Å². The largest absolute Gasteiger partial charge is 0.456 e. The minimum Gasteiger partial charge on any atom is -0.456 e. The average Bonchev–Trinajstić information content (AvgIpc) is 2.33. The fraction of sp³-hybridized carbons (Fsp3) is 0.0714. The van der Waals surface area contributed by atoms with E-state index in [1.807, 2.05) is 0 Å². The Bertz CT molecular complexity index is 594. The van der Waals surface area contributed by atoms with Crippen LogP contribution in [0.2, 0.25) is 10.0 Å². The van der Waals surface area contributed by atoms with Gasteiger partial charge in [-0.25, -0.2) is 0 Å². The molecule has 0 saturated heterocycles. The van der Waals surface area contributed by atoms with Gasteiger partial charge in [-0.2, -0.15) is 0 Å². The van der Waals surface area contributed by atoms with Gasteiger partial charge >= 0.3 is 0 Å². The number of Topliss-reactive ketones (excluding diaryl/α,β-unsaturated/α-hetero) is 1. The SMILES string of the molecule is CC(=O)c1cccc(Oc2ccc(Cl)cc2Cl)c1. The number of ether oxygens (including phenoxy) is 1. The number of benzene rings is 2. The molecule has 0 saturated carbocycles. The highest BCUT2D eigenvalue weighted by molar-refractivity contribution is 6.35. The molecule has 0 bridgehead atoms. The number of rotatable bonds is 3. The highest BCUT2D eigenvalue weighted by atomic mass is 35.5. The normalized spacial score (nSPS) is 10.2. The molecule has 2 nitrogen and oxygen atoms in total. The van der Waals surface area contributed by atoms with Crippen molar-refractivity contribution in [1.82, 2.24) is 0 Å². The number of carbonyl (C=O) groups excluding carboxylic acids is 1. The summed E-state index contributed by atoms with van der Waals surface area (Å²) < 4.78 is 5.61. The Kier molecular flexibility index (Phi) is 3.90. The lowest BCUT2D eigenvalue weighted by atomic mass is 10.1. The first kappa shape index (κ1) is 12.9. The predicted molar refractivity (Wildman–Crippen MR) is 73.0 cm³/mol. The summed E-state index contributed by atoms with van der Waals surface area (Å²) in [6.07, 6.45) is 0. The molecule has 0 heterocycles. The van der Waals surface area contributed by atoms with E-state index in [9.17, 15) is 4.79 Å². The maximum atomic E-state index is 11.3. The van der Waals surface area contributed by atoms with Crippen molar-refractivity contribution in [3.8, 4) is 11.5 Å². The Morgan fingerprint density at radius 2 is 1.89 bits per heavy atom. The van der Waals surface area contributed by atoms with Crippen LogP contribution in [0.25, 0.3) is 0 Å². The molecule has 0 aliphatic heterocycles. The molecule has 0 spiro atoms. The predicted octanol–water partition coefficient (Wildman–Crippen LogP) is 4.99. The number of hydrogen-bond donors (Lipinski definition) is 0. The van der Waals surface area contributed by atoms with Gasteiger partial charge in [-0.15, -0.1) is 0 Å². The highest BCUT2D eigenvalue weighted by Gasteiger charge is 2.06. The van der Waals surface area contributed by atoms with Crippen molar-refractivity contribution < 1.29 is 9.53 Å². The van der Waals surface area contributed by atoms with Crippen LogP contribution in [0, 0.1) is 0 Å². The van der Waals surface area contributed by atoms with Gasteiger partial charge in [-0.05, 0) is 37.3 Å². The molecule has 4 heteroatoms. The fourth-order valence-corrected chi connectivity index (χ4v) is 1.91. The van der Waals surface area contributed by atoms with Gasteiger partial charge in [-0.3, -0.25) is 4.79 Å². The molecule has 0 unspecified atom stereocenters. The molecule has 2 aromatic carbocycles. The van der Waals surface area contributed by atoms with E-state index < -0.39 is 0 Å². The van der Waals surface area contributed by atoms with Gasteiger partial charge in [0.25, 0.3) is 0 Å². The van der Waals surface area contributed by atoms with E-state index in [0.717, 1.165) is 0 Å². The summed E-state index contributed by atoms with van der Waals surface area (Å²) in [4.78, 5) is 11.3. The van der Waals surface area contributed by atoms with E-state index in [0.29, 0.717) is 27.1 Å². The number of ketones is 1. The Morgan fingerprint density at radius 3 is 2.56 bits per heavy atom. The average molecular weight is 281 g/mol. The van der Waals surface area contributed by atoms with E-state index in [-0.39, 0.29) is 5.78 Å². The lowest BCUT2D eigenvalue weighted by Crippen LogP contribution is -1.92. The number of hydrogen-bond acceptors (Lipinski definition) is 2. The zero-order valence-corrected chi connectivity index (χ0v) is 11.1. The van der Waals surface area contributed by atoms with E-state index in [4.69, 9.17) is 27.9 Å². The Morgan fingerprint density at radius 1 is 1.11 bits per heavy atom. The summed E-state index contributed by atoms with van der Waals surface area (Å²) in [5.74, 6) is 1.05. The molecule has 0 aliphatic carbocycles. The van der Waals surface area contributed by atoms with Crippen LogP contribution in [0.1, 0.15) is 17.3 Å². The lowest BCUT2D eigenvalue weighted by molar-refractivity contribution is 0.101. The topological polar surface area (TPSA) is 26.3 Å². The summed E-state index contributed by atoms with van der Waals surface area (Å²) in [7, 11) is 0. The molecule has 0 atom stereocenters. The zero-order chi connectivity index (χ0) is 13.1. The smallest absolute Gasteiger partial charge is 0.159 e. The van der Waals surface area contributed by atoms with Crippen molar-refractivity contribution >= 4 is 29.0 Å². The quantitative estimate of drug-likeness (QED) is 0.741. The second-order valence-corrected chi connectivity index (χ2v) is 4.60. The van der Waals surface area contributed by atoms with Crippen LogP contribution >= 0.6 is 23.2 Å². The van der Waals surface area contributed by atoms with Crippen molar-refractivity contribution in [3.63, 3.8) is 0 Å². The fourth-order valence-electron chi connectivity index (χ4n) is 1.46. The second kappa shape index (κ2) is 5.42. The standard InChI is InChI=1S/C14H10Cl2O2/c1-9(17)10-3-2-4-12(7-10)18-14-6-5-11(15)8-13(14)16/h2-8H,1H3. The monoisotopic (exact) mass is 280 g/mol. The third-order valence-corrected chi connectivity index (χ3v) is 2.89. The summed E-state index contributed by atoms with van der Waals surface area (Å²) in [6, 6.07) is 11.9. The summed E-state index contributed by atoms with van der Waals surface area (Å²) in [6.45, 7) is 1.51. The minimum absolute atomic E-state index is 0.0114. The molecule has 0 amide bonds. The molecular formula is C14H10Cl2O2. The molecular weight excluding hydrogens is 271 g/mol. The number of carbonyl (C=O) groups is 1. The van der Waals surface area contributed by atoms with Crippen LogP contribution in [-0.4, -0.2) is 5.78 Å². The zero-order valence-electron chi connectivity index (χ0n) is 9.61. The van der Waals surface area contributed by atoms with E-state index in [2.05, 4.69) is 0 Å². The van der Waals surface area contributed by atoms with Crippen molar-refractivity contribution in [1.29, 1.82) is 0 Å². The second-order valence-electron chi connectivity index (χ2n) is 3.76. The Hall–Kier alpha value is -1.51. The van der Waals surface area contributed by atoms with Crippen LogP contribution in [0.15, 0.2) is 42.5 Å². The molecule has 92 valence electrons. The molecule has 0 radical (unpaired) electrons. The first-order valence-electron chi connectivity index (χ1n) is 5.30. The molecule has 18 heavy (non-hydrogen) atoms. The maximum Gasteiger partial charge on any atom is 0.159 e. The van der Waals surface area contributed by atoms with Crippen LogP contribution < -0.4 is 4.74 Å². The van der Waals surface area contributed by atoms with Crippen LogP contribution in [-0.2, 0) is 0 Å². The minimum atomic E-state index is -0.0114. The van der Waals surface area contributed by atoms with Crippen molar-refractivity contribution in [3.05, 3.63) is 58.1 Å². The third-order valence-electron chi connectivity index (χ3n) is 2.36. The molecule has 2 rings (SSSR count). The molecule has 0 fully saturated rings. The van der Waals surface area contributed by atoms with Crippen molar-refractivity contribution in [2.75, 3.05) is 0 Å². The maximum absolute atomic E-state index is 11.3. The van der Waals surface area contributed by atoms with E-state index in [1.165, 1.54) is 6.92 Å². The summed E-state index contributed by atoms with van der Waals surface area (Å²) >= 11 is 11.8. The van der Waals surface area contributed by atoms with Gasteiger partial charge < -0.3 is 4.74 Å². The van der Waals surface area contributed by atoms with Gasteiger partial charge in [0.15, 0.2) is 5.78 Å². The van der Waals surface area contributed by atoms with Crippen molar-refractivity contribution in [2.45, 2.75) is 6.92 Å². The number of halogens is 2. The molecule has 0 aromatic heterocycles. The molecule has 0 N–H and O–H groups in total. The van der Waals surface area contributed by atoms with Crippen LogP contribution in [0.5, 0.6) is 11.5 Å². The lowest BCUT2D eigenvalue weighted by Gasteiger charge is -2.08. The van der Waals surface area contributed by atoms with Gasteiger partial charge in [0.05, 0.1) is 5.02 Å². The van der Waals surface area contributed by atoms with Gasteiger partial charge in [-0.1, -0.05) is 35.3 Å². The first-order chi connectivity index (χ1) is 8.56. The van der Waals surface area contributed by atoms with Gasteiger partial charge in [0, 0.05) is 10.6 Å². The Balaban J connectivity index is 2.28. The summed E-state index contributed by atoms with van der Waals surface area (Å²) in [5, 5.41) is 0.973. The van der Waals surface area contributed by atoms with Gasteiger partial charge in [0.1, 0.15) is 11.5 Å². The third kappa shape index (κ3) is 3.03. The molecule has 2 aromatic rings. The van der Waals surface area contributed by atoms with Crippen molar-refractivity contribution in [2.24, 2.45) is 0 Å². The van der Waals surface area contributed by atoms with E-state index >= 15 is 0 Å².